The molecule has 0 spiro atoms. The molecule has 0 amide bonds. The van der Waals surface area contributed by atoms with Gasteiger partial charge in [0, 0.05) is 12.2 Å². The highest BCUT2D eigenvalue weighted by Gasteiger charge is 2.13. The Labute approximate surface area is 123 Å². The van der Waals surface area contributed by atoms with Crippen LogP contribution in [-0.4, -0.2) is 20.9 Å². The molecule has 0 saturated heterocycles. The summed E-state index contributed by atoms with van der Waals surface area (Å²) in [6.07, 6.45) is 0.849. The quantitative estimate of drug-likeness (QED) is 0.796. The summed E-state index contributed by atoms with van der Waals surface area (Å²) in [6.45, 7) is 5.05. The molecular weight excluding hydrogens is 270 g/mol. The zero-order valence-corrected chi connectivity index (χ0v) is 12.2. The summed E-state index contributed by atoms with van der Waals surface area (Å²) in [5.41, 5.74) is 7.98. The summed E-state index contributed by atoms with van der Waals surface area (Å²) >= 11 is 0. The first-order valence-corrected chi connectivity index (χ1v) is 6.86. The molecule has 6 heteroatoms. The monoisotopic (exact) mass is 289 g/mol. The van der Waals surface area contributed by atoms with Crippen molar-refractivity contribution >= 4 is 11.7 Å². The summed E-state index contributed by atoms with van der Waals surface area (Å²) in [4.78, 5) is 11.2. The first-order chi connectivity index (χ1) is 10.0. The van der Waals surface area contributed by atoms with E-state index in [0.717, 1.165) is 24.4 Å². The summed E-state index contributed by atoms with van der Waals surface area (Å²) < 4.78 is 7.50. The minimum absolute atomic E-state index is 0.0632. The van der Waals surface area contributed by atoms with E-state index in [2.05, 4.69) is 5.10 Å². The number of anilines is 1. The molecule has 21 heavy (non-hydrogen) atoms. The number of carboxylic acids is 1. The predicted molar refractivity (Wildman–Crippen MR) is 79.4 cm³/mol. The molecule has 6 nitrogen and oxygen atoms in total. The van der Waals surface area contributed by atoms with Gasteiger partial charge in [0.2, 0.25) is 0 Å². The fraction of sp³-hybridized carbons (Fsp3) is 0.333. The minimum atomic E-state index is -1.06. The molecule has 0 radical (unpaired) electrons. The molecule has 1 heterocycles. The Balaban J connectivity index is 2.20. The summed E-state index contributed by atoms with van der Waals surface area (Å²) in [5.74, 6) is -0.755. The maximum Gasteiger partial charge on any atom is 0.339 e. The molecule has 0 unspecified atom stereocenters. The van der Waals surface area contributed by atoms with Crippen molar-refractivity contribution in [2.24, 2.45) is 0 Å². The van der Waals surface area contributed by atoms with E-state index in [0.29, 0.717) is 11.4 Å². The van der Waals surface area contributed by atoms with E-state index in [9.17, 15) is 9.90 Å². The summed E-state index contributed by atoms with van der Waals surface area (Å²) in [7, 11) is 0. The number of carboxylic acid groups (broad SMARTS) is 1. The van der Waals surface area contributed by atoms with Gasteiger partial charge < -0.3 is 15.6 Å². The molecule has 0 atom stereocenters. The van der Waals surface area contributed by atoms with E-state index in [4.69, 9.17) is 10.5 Å². The van der Waals surface area contributed by atoms with E-state index < -0.39 is 5.97 Å². The minimum Gasteiger partial charge on any atom is -0.486 e. The average molecular weight is 289 g/mol. The van der Waals surface area contributed by atoms with Crippen LogP contribution in [0.25, 0.3) is 0 Å². The molecule has 2 aromatic rings. The number of aromatic nitrogens is 2. The van der Waals surface area contributed by atoms with Gasteiger partial charge in [0.15, 0.2) is 0 Å². The maximum atomic E-state index is 11.2. The lowest BCUT2D eigenvalue weighted by Crippen LogP contribution is -2.08. The summed E-state index contributed by atoms with van der Waals surface area (Å²) in [5, 5.41) is 13.6. The second-order valence-corrected chi connectivity index (χ2v) is 4.65. The fourth-order valence-electron chi connectivity index (χ4n) is 2.07. The van der Waals surface area contributed by atoms with Crippen LogP contribution in [0.3, 0.4) is 0 Å². The second-order valence-electron chi connectivity index (χ2n) is 4.65. The highest BCUT2D eigenvalue weighted by atomic mass is 16.5. The molecule has 3 N–H and O–H groups in total. The van der Waals surface area contributed by atoms with Crippen molar-refractivity contribution in [3.8, 4) is 5.75 Å². The van der Waals surface area contributed by atoms with E-state index in [1.807, 2.05) is 24.6 Å². The fourth-order valence-corrected chi connectivity index (χ4v) is 2.07. The molecule has 2 rings (SSSR count). The zero-order chi connectivity index (χ0) is 15.4. The average Bonchev–Trinajstić information content (AvgIpc) is 2.88. The number of nitrogens with two attached hydrogens (primary N) is 1. The molecule has 0 aliphatic rings. The van der Waals surface area contributed by atoms with Gasteiger partial charge in [-0.05, 0) is 37.6 Å². The van der Waals surface area contributed by atoms with Gasteiger partial charge in [0.05, 0.1) is 11.4 Å². The highest BCUT2D eigenvalue weighted by molar-refractivity contribution is 5.92. The number of aromatic carboxylic acids is 1. The van der Waals surface area contributed by atoms with E-state index >= 15 is 0 Å². The predicted octanol–water partition coefficient (Wildman–Crippen LogP) is 2.32. The molecule has 0 aliphatic heterocycles. The van der Waals surface area contributed by atoms with Crippen LogP contribution in [0.5, 0.6) is 5.75 Å². The molecule has 1 aromatic heterocycles. The van der Waals surface area contributed by atoms with E-state index in [1.165, 1.54) is 6.07 Å². The zero-order valence-electron chi connectivity index (χ0n) is 12.2. The van der Waals surface area contributed by atoms with Gasteiger partial charge in [-0.1, -0.05) is 6.92 Å². The third-order valence-electron chi connectivity index (χ3n) is 3.19. The number of benzene rings is 1. The standard InChI is InChI=1S/C15H19N3O3/c1-3-11-8-12(18(4-2)17-11)9-21-14-6-5-10(16)7-13(14)15(19)20/h5-8H,3-4,9,16H2,1-2H3,(H,19,20). The van der Waals surface area contributed by atoms with Crippen LogP contribution in [0, 0.1) is 0 Å². The van der Waals surface area contributed by atoms with Crippen molar-refractivity contribution in [2.75, 3.05) is 5.73 Å². The van der Waals surface area contributed by atoms with Gasteiger partial charge >= 0.3 is 5.97 Å². The van der Waals surface area contributed by atoms with Crippen LogP contribution in [0.15, 0.2) is 24.3 Å². The van der Waals surface area contributed by atoms with E-state index in [1.54, 1.807) is 12.1 Å². The van der Waals surface area contributed by atoms with Gasteiger partial charge in [-0.15, -0.1) is 0 Å². The number of nitrogen functional groups attached to an aromatic ring is 1. The van der Waals surface area contributed by atoms with E-state index in [-0.39, 0.29) is 12.2 Å². The smallest absolute Gasteiger partial charge is 0.339 e. The van der Waals surface area contributed by atoms with Crippen LogP contribution in [0.1, 0.15) is 35.6 Å². The largest absolute Gasteiger partial charge is 0.486 e. The summed E-state index contributed by atoms with van der Waals surface area (Å²) in [6, 6.07) is 6.57. The normalized spacial score (nSPS) is 10.6. The SMILES string of the molecule is CCc1cc(COc2ccc(N)cc2C(=O)O)n(CC)n1. The highest BCUT2D eigenvalue weighted by Crippen LogP contribution is 2.22. The second kappa shape index (κ2) is 6.30. The van der Waals surface area contributed by atoms with Gasteiger partial charge in [-0.3, -0.25) is 4.68 Å². The molecular formula is C15H19N3O3. The topological polar surface area (TPSA) is 90.4 Å². The van der Waals surface area contributed by atoms with Crippen LogP contribution in [-0.2, 0) is 19.6 Å². The Morgan fingerprint density at radius 3 is 2.76 bits per heavy atom. The first kappa shape index (κ1) is 14.9. The lowest BCUT2D eigenvalue weighted by molar-refractivity contribution is 0.0691. The van der Waals surface area contributed by atoms with Gasteiger partial charge in [0.1, 0.15) is 17.9 Å². The van der Waals surface area contributed by atoms with Crippen LogP contribution in [0.2, 0.25) is 0 Å². The molecule has 0 bridgehead atoms. The van der Waals surface area contributed by atoms with Crippen LogP contribution < -0.4 is 10.5 Å². The lowest BCUT2D eigenvalue weighted by atomic mass is 10.2. The Bertz CT molecular complexity index is 650. The van der Waals surface area contributed by atoms with Crippen molar-refractivity contribution in [3.05, 3.63) is 41.2 Å². The third-order valence-corrected chi connectivity index (χ3v) is 3.19. The third kappa shape index (κ3) is 3.34. The van der Waals surface area contributed by atoms with Crippen molar-refractivity contribution in [1.82, 2.24) is 9.78 Å². The lowest BCUT2D eigenvalue weighted by Gasteiger charge is -2.10. The maximum absolute atomic E-state index is 11.2. The van der Waals surface area contributed by atoms with Gasteiger partial charge in [-0.2, -0.15) is 5.10 Å². The molecule has 112 valence electrons. The van der Waals surface area contributed by atoms with Crippen molar-refractivity contribution in [2.45, 2.75) is 33.4 Å². The number of rotatable bonds is 6. The Kier molecular flexibility index (Phi) is 4.47. The van der Waals surface area contributed by atoms with Crippen molar-refractivity contribution in [3.63, 3.8) is 0 Å². The van der Waals surface area contributed by atoms with Crippen molar-refractivity contribution < 1.29 is 14.6 Å². The number of ether oxygens (including phenoxy) is 1. The number of hydrogen-bond acceptors (Lipinski definition) is 4. The molecule has 0 saturated carbocycles. The van der Waals surface area contributed by atoms with Crippen LogP contribution >= 0.6 is 0 Å². The number of hydrogen-bond donors (Lipinski definition) is 2. The van der Waals surface area contributed by atoms with Gasteiger partial charge in [-0.25, -0.2) is 4.79 Å². The number of aryl methyl sites for hydroxylation is 2. The molecule has 0 aliphatic carbocycles. The van der Waals surface area contributed by atoms with Gasteiger partial charge in [0.25, 0.3) is 0 Å². The Hall–Kier alpha value is -2.50. The van der Waals surface area contributed by atoms with Crippen molar-refractivity contribution in [1.29, 1.82) is 0 Å². The molecule has 1 aromatic carbocycles. The molecule has 0 fully saturated rings. The van der Waals surface area contributed by atoms with Crippen LogP contribution in [0.4, 0.5) is 5.69 Å². The first-order valence-electron chi connectivity index (χ1n) is 6.86. The number of carbonyl (C=O) groups is 1. The Morgan fingerprint density at radius 2 is 2.14 bits per heavy atom. The Morgan fingerprint density at radius 1 is 1.38 bits per heavy atom. The number of nitrogens with zero attached hydrogens (tertiary/aromatic N) is 2.